The zero-order chi connectivity index (χ0) is 18.4. The Morgan fingerprint density at radius 1 is 1.04 bits per heavy atom. The van der Waals surface area contributed by atoms with Gasteiger partial charge in [-0.2, -0.15) is 0 Å². The fraction of sp³-hybridized carbons (Fsp3) is 0.158. The summed E-state index contributed by atoms with van der Waals surface area (Å²) in [5.41, 5.74) is 2.95. The lowest BCUT2D eigenvalue weighted by molar-refractivity contribution is 0.102. The van der Waals surface area contributed by atoms with Crippen molar-refractivity contribution in [2.75, 3.05) is 29.6 Å². The van der Waals surface area contributed by atoms with Gasteiger partial charge >= 0.3 is 0 Å². The van der Waals surface area contributed by atoms with Crippen LogP contribution in [0.25, 0.3) is 0 Å². The molecule has 0 radical (unpaired) electrons. The number of nitrogens with one attached hydrogen (secondary N) is 2. The number of hydrogen-bond acceptors (Lipinski definition) is 6. The topological polar surface area (TPSA) is 83.0 Å². The summed E-state index contributed by atoms with van der Waals surface area (Å²) < 4.78 is 0. The first-order valence-electron chi connectivity index (χ1n) is 8.16. The first-order chi connectivity index (χ1) is 12.6. The summed E-state index contributed by atoms with van der Waals surface area (Å²) in [6, 6.07) is 14.9. The van der Waals surface area contributed by atoms with Gasteiger partial charge in [0.15, 0.2) is 0 Å². The average molecular weight is 348 g/mol. The predicted octanol–water partition coefficient (Wildman–Crippen LogP) is 2.80. The summed E-state index contributed by atoms with van der Waals surface area (Å²) >= 11 is 0. The van der Waals surface area contributed by atoms with E-state index in [2.05, 4.69) is 25.6 Å². The number of benzene rings is 1. The minimum Gasteiger partial charge on any atom is -0.378 e. The Morgan fingerprint density at radius 3 is 2.54 bits per heavy atom. The van der Waals surface area contributed by atoms with Crippen LogP contribution in [0.4, 0.5) is 17.2 Å². The summed E-state index contributed by atoms with van der Waals surface area (Å²) in [5.74, 6) is 0.282. The van der Waals surface area contributed by atoms with Crippen LogP contribution in [0.2, 0.25) is 0 Å². The highest BCUT2D eigenvalue weighted by molar-refractivity contribution is 6.03. The maximum Gasteiger partial charge on any atom is 0.274 e. The molecular weight excluding hydrogens is 328 g/mol. The van der Waals surface area contributed by atoms with Crippen LogP contribution in [0, 0.1) is 0 Å². The molecule has 7 nitrogen and oxygen atoms in total. The Balaban J connectivity index is 1.64. The third-order valence-electron chi connectivity index (χ3n) is 3.72. The van der Waals surface area contributed by atoms with E-state index < -0.39 is 0 Å². The van der Waals surface area contributed by atoms with Gasteiger partial charge in [-0.15, -0.1) is 0 Å². The van der Waals surface area contributed by atoms with Crippen LogP contribution in [0.5, 0.6) is 0 Å². The van der Waals surface area contributed by atoms with Crippen molar-refractivity contribution in [3.8, 4) is 0 Å². The molecule has 7 heteroatoms. The highest BCUT2D eigenvalue weighted by Gasteiger charge is 2.09. The first-order valence-corrected chi connectivity index (χ1v) is 8.16. The Kier molecular flexibility index (Phi) is 5.38. The van der Waals surface area contributed by atoms with E-state index in [9.17, 15) is 4.79 Å². The molecule has 0 unspecified atom stereocenters. The maximum atomic E-state index is 12.4. The maximum absolute atomic E-state index is 12.4. The van der Waals surface area contributed by atoms with Gasteiger partial charge < -0.3 is 15.5 Å². The van der Waals surface area contributed by atoms with Crippen LogP contribution in [-0.4, -0.2) is 35.0 Å². The van der Waals surface area contributed by atoms with E-state index >= 15 is 0 Å². The van der Waals surface area contributed by atoms with Gasteiger partial charge in [0.05, 0.1) is 12.2 Å². The number of nitrogens with zero attached hydrogens (tertiary/aromatic N) is 4. The van der Waals surface area contributed by atoms with Gasteiger partial charge in [0.1, 0.15) is 17.8 Å². The molecule has 3 rings (SSSR count). The van der Waals surface area contributed by atoms with Gasteiger partial charge in [0, 0.05) is 37.7 Å². The summed E-state index contributed by atoms with van der Waals surface area (Å²) in [6.07, 6.45) is 3.10. The van der Waals surface area contributed by atoms with E-state index in [1.807, 2.05) is 61.5 Å². The molecule has 2 aromatic heterocycles. The Morgan fingerprint density at radius 2 is 1.85 bits per heavy atom. The van der Waals surface area contributed by atoms with Crippen LogP contribution in [0.15, 0.2) is 61.1 Å². The second-order valence-corrected chi connectivity index (χ2v) is 5.86. The molecule has 0 aliphatic heterocycles. The van der Waals surface area contributed by atoms with Crippen molar-refractivity contribution in [1.29, 1.82) is 0 Å². The number of carbonyl (C=O) groups is 1. The molecule has 1 aromatic carbocycles. The van der Waals surface area contributed by atoms with Gasteiger partial charge in [-0.05, 0) is 36.4 Å². The summed E-state index contributed by atoms with van der Waals surface area (Å²) in [7, 11) is 3.93. The van der Waals surface area contributed by atoms with Crippen molar-refractivity contribution in [3.63, 3.8) is 0 Å². The molecule has 0 aliphatic carbocycles. The van der Waals surface area contributed by atoms with Crippen molar-refractivity contribution in [2.24, 2.45) is 0 Å². The zero-order valence-corrected chi connectivity index (χ0v) is 14.7. The van der Waals surface area contributed by atoms with E-state index in [0.717, 1.165) is 11.4 Å². The van der Waals surface area contributed by atoms with Crippen LogP contribution in [-0.2, 0) is 6.54 Å². The molecule has 2 N–H and O–H groups in total. The van der Waals surface area contributed by atoms with Crippen LogP contribution < -0.4 is 15.5 Å². The third kappa shape index (κ3) is 4.54. The van der Waals surface area contributed by atoms with Crippen molar-refractivity contribution < 1.29 is 4.79 Å². The van der Waals surface area contributed by atoms with Gasteiger partial charge in [0.25, 0.3) is 5.91 Å². The van der Waals surface area contributed by atoms with Crippen LogP contribution in [0.1, 0.15) is 16.2 Å². The van der Waals surface area contributed by atoms with Crippen LogP contribution >= 0.6 is 0 Å². The van der Waals surface area contributed by atoms with Crippen molar-refractivity contribution >= 4 is 23.1 Å². The molecule has 0 aliphatic rings. The van der Waals surface area contributed by atoms with E-state index in [4.69, 9.17) is 0 Å². The quantitative estimate of drug-likeness (QED) is 0.713. The minimum atomic E-state index is -0.286. The number of carbonyl (C=O) groups excluding carboxylic acids is 1. The van der Waals surface area contributed by atoms with Gasteiger partial charge in [-0.1, -0.05) is 6.07 Å². The lowest BCUT2D eigenvalue weighted by Crippen LogP contribution is -2.15. The fourth-order valence-electron chi connectivity index (χ4n) is 2.30. The largest absolute Gasteiger partial charge is 0.378 e. The molecule has 0 bridgehead atoms. The van der Waals surface area contributed by atoms with Gasteiger partial charge in [-0.25, -0.2) is 9.97 Å². The van der Waals surface area contributed by atoms with E-state index in [1.54, 1.807) is 12.3 Å². The molecular formula is C19H20N6O. The minimum absolute atomic E-state index is 0.286. The predicted molar refractivity (Wildman–Crippen MR) is 102 cm³/mol. The third-order valence-corrected chi connectivity index (χ3v) is 3.72. The number of rotatable bonds is 6. The molecule has 26 heavy (non-hydrogen) atoms. The Labute approximate surface area is 152 Å². The summed E-state index contributed by atoms with van der Waals surface area (Å²) in [4.78, 5) is 26.8. The molecule has 0 saturated carbocycles. The number of aromatic nitrogens is 3. The molecule has 0 spiro atoms. The molecule has 132 valence electrons. The highest BCUT2D eigenvalue weighted by Crippen LogP contribution is 2.16. The van der Waals surface area contributed by atoms with E-state index in [-0.39, 0.29) is 5.91 Å². The van der Waals surface area contributed by atoms with E-state index in [0.29, 0.717) is 23.7 Å². The average Bonchev–Trinajstić information content (AvgIpc) is 2.68. The number of anilines is 3. The smallest absolute Gasteiger partial charge is 0.274 e. The molecule has 2 heterocycles. The second-order valence-electron chi connectivity index (χ2n) is 5.86. The molecule has 3 aromatic rings. The zero-order valence-electron chi connectivity index (χ0n) is 14.7. The highest BCUT2D eigenvalue weighted by atomic mass is 16.1. The van der Waals surface area contributed by atoms with Crippen LogP contribution in [0.3, 0.4) is 0 Å². The molecule has 1 amide bonds. The lowest BCUT2D eigenvalue weighted by Gasteiger charge is -2.13. The first kappa shape index (κ1) is 17.3. The Hall–Kier alpha value is -3.48. The molecule has 0 atom stereocenters. The summed E-state index contributed by atoms with van der Waals surface area (Å²) in [5, 5.41) is 5.98. The summed E-state index contributed by atoms with van der Waals surface area (Å²) in [6.45, 7) is 0.519. The second kappa shape index (κ2) is 8.06. The monoisotopic (exact) mass is 348 g/mol. The normalized spacial score (nSPS) is 10.2. The van der Waals surface area contributed by atoms with E-state index in [1.165, 1.54) is 6.33 Å². The standard InChI is InChI=1S/C19H20N6O/c1-25(2)16-8-6-14(7-9-16)24-19(26)17-11-18(23-13-22-17)21-12-15-5-3-4-10-20-15/h3-11,13H,12H2,1-2H3,(H,24,26)(H,21,22,23). The molecule has 0 saturated heterocycles. The SMILES string of the molecule is CN(C)c1ccc(NC(=O)c2cc(NCc3ccccn3)ncn2)cc1. The lowest BCUT2D eigenvalue weighted by atomic mass is 10.2. The number of hydrogen-bond donors (Lipinski definition) is 2. The Bertz CT molecular complexity index is 865. The van der Waals surface area contributed by atoms with Gasteiger partial charge in [-0.3, -0.25) is 9.78 Å². The molecule has 0 fully saturated rings. The fourth-order valence-corrected chi connectivity index (χ4v) is 2.30. The van der Waals surface area contributed by atoms with Crippen molar-refractivity contribution in [1.82, 2.24) is 15.0 Å². The van der Waals surface area contributed by atoms with Crippen molar-refractivity contribution in [3.05, 3.63) is 72.4 Å². The number of amides is 1. The van der Waals surface area contributed by atoms with Crippen molar-refractivity contribution in [2.45, 2.75) is 6.54 Å². The van der Waals surface area contributed by atoms with Gasteiger partial charge in [0.2, 0.25) is 0 Å². The number of pyridine rings is 1.